The normalized spacial score (nSPS) is 18.5. The van der Waals surface area contributed by atoms with Crippen LogP contribution in [0.2, 0.25) is 0 Å². The molecule has 3 aliphatic rings. The van der Waals surface area contributed by atoms with Crippen LogP contribution in [-0.2, 0) is 9.59 Å². The topological polar surface area (TPSA) is 86.9 Å². The number of nitrogens with zero attached hydrogens (tertiary/aromatic N) is 1. The predicted octanol–water partition coefficient (Wildman–Crippen LogP) is 8.92. The van der Waals surface area contributed by atoms with Gasteiger partial charge in [-0.2, -0.15) is 0 Å². The van der Waals surface area contributed by atoms with Gasteiger partial charge in [-0.3, -0.25) is 4.79 Å². The highest BCUT2D eigenvalue weighted by Crippen LogP contribution is 2.27. The van der Waals surface area contributed by atoms with Crippen LogP contribution < -0.4 is 10.6 Å². The molecular weight excluding hydrogens is 508 g/mol. The van der Waals surface area contributed by atoms with Crippen molar-refractivity contribution in [1.29, 1.82) is 0 Å². The number of anilines is 1. The Bertz CT molecular complexity index is 1160. The molecule has 3 aliphatic carbocycles. The second-order valence-electron chi connectivity index (χ2n) is 10.5. The van der Waals surface area contributed by atoms with Crippen LogP contribution in [0.25, 0.3) is 16.6 Å². The van der Waals surface area contributed by atoms with Crippen LogP contribution in [-0.4, -0.2) is 34.2 Å². The van der Waals surface area contributed by atoms with Crippen molar-refractivity contribution in [3.05, 3.63) is 53.9 Å². The lowest BCUT2D eigenvalue weighted by Gasteiger charge is -2.22. The summed E-state index contributed by atoms with van der Waals surface area (Å²) in [6.45, 7) is 8.00. The van der Waals surface area contributed by atoms with Crippen LogP contribution in [0, 0.1) is 5.92 Å². The second kappa shape index (κ2) is 18.4. The minimum Gasteiger partial charge on any atom is -0.338 e. The van der Waals surface area contributed by atoms with Crippen LogP contribution in [0.15, 0.2) is 48.1 Å². The van der Waals surface area contributed by atoms with Crippen LogP contribution in [0.1, 0.15) is 118 Å². The van der Waals surface area contributed by atoms with Crippen molar-refractivity contribution in [2.75, 3.05) is 5.32 Å². The van der Waals surface area contributed by atoms with Gasteiger partial charge in [0.2, 0.25) is 5.91 Å². The Morgan fingerprint density at radius 2 is 1.59 bits per heavy atom. The molecular formula is C35H54N4O2. The van der Waals surface area contributed by atoms with Gasteiger partial charge in [-0.1, -0.05) is 104 Å². The van der Waals surface area contributed by atoms with E-state index in [1.54, 1.807) is 0 Å². The van der Waals surface area contributed by atoms with E-state index >= 15 is 0 Å². The highest BCUT2D eigenvalue weighted by atomic mass is 16.1. The fourth-order valence-corrected chi connectivity index (χ4v) is 5.80. The van der Waals surface area contributed by atoms with Crippen molar-refractivity contribution in [1.82, 2.24) is 15.3 Å². The summed E-state index contributed by atoms with van der Waals surface area (Å²) in [6, 6.07) is 5.99. The minimum absolute atomic E-state index is 0. The number of hydrogen-bond donors (Lipinski definition) is 3. The molecule has 1 heterocycles. The highest BCUT2D eigenvalue weighted by molar-refractivity contribution is 5.95. The summed E-state index contributed by atoms with van der Waals surface area (Å²) in [6.07, 6.45) is 23.0. The van der Waals surface area contributed by atoms with E-state index < -0.39 is 0 Å². The molecule has 2 saturated carbocycles. The number of benzene rings is 1. The number of aldehydes is 1. The molecule has 1 aromatic carbocycles. The minimum atomic E-state index is -0.275. The Kier molecular flexibility index (Phi) is 15.4. The van der Waals surface area contributed by atoms with Crippen molar-refractivity contribution in [3.63, 3.8) is 0 Å². The van der Waals surface area contributed by atoms with Gasteiger partial charge < -0.3 is 20.4 Å². The van der Waals surface area contributed by atoms with Gasteiger partial charge in [0.25, 0.3) is 0 Å². The molecule has 5 rings (SSSR count). The molecule has 1 atom stereocenters. The number of aromatic nitrogens is 2. The van der Waals surface area contributed by atoms with Crippen molar-refractivity contribution in [2.45, 2.75) is 124 Å². The molecule has 3 N–H and O–H groups in total. The fraction of sp³-hybridized carbons (Fsp3) is 0.571. The molecule has 41 heavy (non-hydrogen) atoms. The van der Waals surface area contributed by atoms with Crippen LogP contribution in [0.4, 0.5) is 5.69 Å². The Morgan fingerprint density at radius 1 is 0.927 bits per heavy atom. The number of hydrogen-bond acceptors (Lipinski definition) is 4. The molecule has 1 unspecified atom stereocenters. The first-order valence-corrected chi connectivity index (χ1v) is 15.8. The summed E-state index contributed by atoms with van der Waals surface area (Å²) in [5.74, 6) is 1.05. The zero-order chi connectivity index (χ0) is 28.7. The molecule has 226 valence electrons. The summed E-state index contributed by atoms with van der Waals surface area (Å²) in [5, 5.41) is 6.70. The molecule has 6 heteroatoms. The molecule has 0 saturated heterocycles. The third-order valence-corrected chi connectivity index (χ3v) is 7.91. The number of nitrogens with one attached hydrogen (secondary N) is 3. The third-order valence-electron chi connectivity index (χ3n) is 7.91. The van der Waals surface area contributed by atoms with E-state index in [9.17, 15) is 9.59 Å². The van der Waals surface area contributed by atoms with Gasteiger partial charge in [0, 0.05) is 23.2 Å². The number of aromatic amines is 1. The average molecular weight is 563 g/mol. The molecule has 6 nitrogen and oxygen atoms in total. The number of fused-ring (bicyclic) bond motifs is 1. The lowest BCUT2D eigenvalue weighted by atomic mass is 9.88. The maximum Gasteiger partial charge on any atom is 0.227 e. The van der Waals surface area contributed by atoms with Crippen LogP contribution >= 0.6 is 0 Å². The number of imidazole rings is 1. The van der Waals surface area contributed by atoms with E-state index in [1.807, 2.05) is 58.0 Å². The summed E-state index contributed by atoms with van der Waals surface area (Å²) < 4.78 is 0. The molecule has 2 fully saturated rings. The zero-order valence-corrected chi connectivity index (χ0v) is 25.1. The first-order valence-electron chi connectivity index (χ1n) is 15.8. The van der Waals surface area contributed by atoms with Gasteiger partial charge in [-0.05, 0) is 55.9 Å². The molecule has 0 spiro atoms. The van der Waals surface area contributed by atoms with Crippen molar-refractivity contribution in [3.8, 4) is 0 Å². The lowest BCUT2D eigenvalue weighted by molar-refractivity contribution is -0.120. The van der Waals surface area contributed by atoms with Crippen LogP contribution in [0.3, 0.4) is 0 Å². The smallest absolute Gasteiger partial charge is 0.227 e. The van der Waals surface area contributed by atoms with Crippen molar-refractivity contribution < 1.29 is 9.59 Å². The number of carbonyl (C=O) groups is 2. The molecule has 1 aromatic heterocycles. The van der Waals surface area contributed by atoms with Gasteiger partial charge in [-0.25, -0.2) is 4.98 Å². The Morgan fingerprint density at radius 3 is 2.27 bits per heavy atom. The third kappa shape index (κ3) is 9.81. The zero-order valence-electron chi connectivity index (χ0n) is 25.1. The first kappa shape index (κ1) is 34.2. The molecule has 1 amide bonds. The van der Waals surface area contributed by atoms with Crippen LogP contribution in [0.5, 0.6) is 0 Å². The molecule has 0 aliphatic heterocycles. The Balaban J connectivity index is 0.00000113. The number of allylic oxidation sites excluding steroid dienone is 4. The number of H-pyrrole nitrogens is 1. The summed E-state index contributed by atoms with van der Waals surface area (Å²) in [7, 11) is 0. The molecule has 0 bridgehead atoms. The Hall–Kier alpha value is -2.99. The van der Waals surface area contributed by atoms with E-state index in [-0.39, 0.29) is 25.3 Å². The maximum absolute atomic E-state index is 12.7. The first-order chi connectivity index (χ1) is 19.7. The number of rotatable bonds is 7. The van der Waals surface area contributed by atoms with E-state index in [2.05, 4.69) is 27.8 Å². The maximum atomic E-state index is 12.7. The van der Waals surface area contributed by atoms with Crippen molar-refractivity contribution in [2.24, 2.45) is 5.92 Å². The van der Waals surface area contributed by atoms with E-state index in [0.717, 1.165) is 84.9 Å². The second-order valence-corrected chi connectivity index (χ2v) is 10.5. The molecule has 0 radical (unpaired) electrons. The summed E-state index contributed by atoms with van der Waals surface area (Å²) in [5.41, 5.74) is 4.60. The summed E-state index contributed by atoms with van der Waals surface area (Å²) in [4.78, 5) is 32.8. The van der Waals surface area contributed by atoms with Gasteiger partial charge in [0.15, 0.2) is 0 Å². The van der Waals surface area contributed by atoms with E-state index in [1.165, 1.54) is 32.1 Å². The van der Waals surface area contributed by atoms with Gasteiger partial charge in [-0.15, -0.1) is 0 Å². The standard InChI is InChI=1S/C30H38N4O2.2C2H6.CH4/c35-20-28(31-24-13-6-1-2-7-14-24)21-11-8-12-22(16-15-21)29-33-26-18-17-25(19-27(26)34-29)32-30(36)23-9-4-3-5-10-23;2*1-2;/h11-12,15-20,23-24,28,31H,1-10,13-14H2,(H,32,36)(H,33,34);2*1-2H3;1H4. The predicted molar refractivity (Wildman–Crippen MR) is 175 cm³/mol. The fourth-order valence-electron chi connectivity index (χ4n) is 5.80. The Labute approximate surface area is 248 Å². The summed E-state index contributed by atoms with van der Waals surface area (Å²) >= 11 is 0. The van der Waals surface area contributed by atoms with E-state index in [4.69, 9.17) is 4.98 Å². The monoisotopic (exact) mass is 562 g/mol. The number of amides is 1. The number of carbonyl (C=O) groups excluding carboxylic acids is 2. The largest absolute Gasteiger partial charge is 0.338 e. The van der Waals surface area contributed by atoms with Crippen molar-refractivity contribution >= 4 is 34.5 Å². The van der Waals surface area contributed by atoms with E-state index in [0.29, 0.717) is 6.04 Å². The average Bonchev–Trinajstić information content (AvgIpc) is 3.15. The van der Waals surface area contributed by atoms with Gasteiger partial charge in [0.05, 0.1) is 17.1 Å². The SMILES string of the molecule is C.CC.CC.O=CC(NC1CCCCCC1)C1=CCC=C(c2nc3ccc(NC(=O)C4CCCCC4)cc3[nH]2)C=C1. The van der Waals surface area contributed by atoms with Gasteiger partial charge >= 0.3 is 0 Å². The van der Waals surface area contributed by atoms with Gasteiger partial charge in [0.1, 0.15) is 12.1 Å². The molecule has 2 aromatic rings. The highest BCUT2D eigenvalue weighted by Gasteiger charge is 2.22. The quantitative estimate of drug-likeness (QED) is 0.232. The lowest BCUT2D eigenvalue weighted by Crippen LogP contribution is -2.40.